The number of nitrogens with one attached hydrogen (secondary N) is 1. The van der Waals surface area contributed by atoms with Crippen molar-refractivity contribution >= 4 is 11.6 Å². The molecular formula is C26H34FN3O2. The van der Waals surface area contributed by atoms with E-state index in [1.807, 2.05) is 36.4 Å². The van der Waals surface area contributed by atoms with E-state index in [1.165, 1.54) is 25.3 Å². The molecular weight excluding hydrogens is 405 g/mol. The van der Waals surface area contributed by atoms with Gasteiger partial charge in [-0.25, -0.2) is 4.39 Å². The predicted molar refractivity (Wildman–Crippen MR) is 125 cm³/mol. The van der Waals surface area contributed by atoms with Crippen LogP contribution < -0.4 is 15.0 Å². The molecule has 1 aliphatic heterocycles. The number of ether oxygens (including phenoxy) is 1. The summed E-state index contributed by atoms with van der Waals surface area (Å²) < 4.78 is 19.0. The lowest BCUT2D eigenvalue weighted by molar-refractivity contribution is -0.124. The van der Waals surface area contributed by atoms with Crippen molar-refractivity contribution in [1.29, 1.82) is 0 Å². The standard InChI is InChI=1S/C26H34FN3O2/c27-22-5-4-6-24(19-22)30-17-15-29(16-18-30)14-13-21-9-11-23(12-10-21)28-26(31)20-32-25-7-2-1-3-8-25/h1-8,19,21,23H,9-18,20H2,(H,28,31). The zero-order valence-electron chi connectivity index (χ0n) is 18.7. The molecule has 1 saturated carbocycles. The minimum atomic E-state index is -0.166. The lowest BCUT2D eigenvalue weighted by Crippen LogP contribution is -2.47. The first-order chi connectivity index (χ1) is 15.7. The quantitative estimate of drug-likeness (QED) is 0.673. The Hall–Kier alpha value is -2.60. The van der Waals surface area contributed by atoms with Crippen molar-refractivity contribution in [2.75, 3.05) is 44.2 Å². The minimum Gasteiger partial charge on any atom is -0.484 e. The molecule has 2 aliphatic rings. The second-order valence-electron chi connectivity index (χ2n) is 8.98. The number of benzene rings is 2. The third kappa shape index (κ3) is 6.70. The van der Waals surface area contributed by atoms with Crippen LogP contribution in [0.2, 0.25) is 0 Å². The lowest BCUT2D eigenvalue weighted by atomic mass is 9.84. The van der Waals surface area contributed by atoms with Gasteiger partial charge in [0.25, 0.3) is 5.91 Å². The number of carbonyl (C=O) groups is 1. The van der Waals surface area contributed by atoms with E-state index in [2.05, 4.69) is 15.1 Å². The van der Waals surface area contributed by atoms with Crippen molar-refractivity contribution in [2.45, 2.75) is 38.1 Å². The van der Waals surface area contributed by atoms with Gasteiger partial charge in [-0.15, -0.1) is 0 Å². The van der Waals surface area contributed by atoms with E-state index >= 15 is 0 Å². The number of amides is 1. The highest BCUT2D eigenvalue weighted by Crippen LogP contribution is 2.27. The van der Waals surface area contributed by atoms with E-state index in [9.17, 15) is 9.18 Å². The monoisotopic (exact) mass is 439 g/mol. The normalized spacial score (nSPS) is 21.8. The van der Waals surface area contributed by atoms with Crippen molar-refractivity contribution in [3.05, 3.63) is 60.4 Å². The molecule has 1 saturated heterocycles. The molecule has 2 aromatic rings. The molecule has 0 unspecified atom stereocenters. The Bertz CT molecular complexity index is 847. The minimum absolute atomic E-state index is 0.0338. The summed E-state index contributed by atoms with van der Waals surface area (Å²) >= 11 is 0. The van der Waals surface area contributed by atoms with Crippen molar-refractivity contribution in [1.82, 2.24) is 10.2 Å². The first kappa shape index (κ1) is 22.6. The summed E-state index contributed by atoms with van der Waals surface area (Å²) in [6, 6.07) is 16.6. The van der Waals surface area contributed by atoms with Gasteiger partial charge in [0.2, 0.25) is 0 Å². The predicted octanol–water partition coefficient (Wildman–Crippen LogP) is 4.09. The van der Waals surface area contributed by atoms with Crippen LogP contribution in [0.5, 0.6) is 5.75 Å². The van der Waals surface area contributed by atoms with Gasteiger partial charge in [-0.1, -0.05) is 24.3 Å². The van der Waals surface area contributed by atoms with Gasteiger partial charge in [-0.3, -0.25) is 9.69 Å². The number of hydrogen-bond donors (Lipinski definition) is 1. The second-order valence-corrected chi connectivity index (χ2v) is 8.98. The van der Waals surface area contributed by atoms with Gasteiger partial charge in [0.05, 0.1) is 0 Å². The van der Waals surface area contributed by atoms with E-state index in [1.54, 1.807) is 12.1 Å². The van der Waals surface area contributed by atoms with Crippen LogP contribution in [-0.2, 0) is 4.79 Å². The average molecular weight is 440 g/mol. The number of nitrogens with zero attached hydrogens (tertiary/aromatic N) is 2. The zero-order valence-corrected chi connectivity index (χ0v) is 18.7. The van der Waals surface area contributed by atoms with E-state index in [-0.39, 0.29) is 24.4 Å². The van der Waals surface area contributed by atoms with Crippen LogP contribution in [0.25, 0.3) is 0 Å². The van der Waals surface area contributed by atoms with Gasteiger partial charge < -0.3 is 15.0 Å². The molecule has 0 atom stereocenters. The van der Waals surface area contributed by atoms with Crippen molar-refractivity contribution in [3.63, 3.8) is 0 Å². The molecule has 4 rings (SSSR count). The number of hydrogen-bond acceptors (Lipinski definition) is 4. The highest BCUT2D eigenvalue weighted by atomic mass is 19.1. The number of para-hydroxylation sites is 1. The van der Waals surface area contributed by atoms with Gasteiger partial charge in [0, 0.05) is 37.9 Å². The van der Waals surface area contributed by atoms with Gasteiger partial charge in [0.15, 0.2) is 6.61 Å². The number of piperazine rings is 1. The smallest absolute Gasteiger partial charge is 0.258 e. The van der Waals surface area contributed by atoms with Crippen LogP contribution in [0.1, 0.15) is 32.1 Å². The van der Waals surface area contributed by atoms with Crippen molar-refractivity contribution in [3.8, 4) is 5.75 Å². The summed E-state index contributed by atoms with van der Waals surface area (Å²) in [5.74, 6) is 1.27. The second kappa shape index (κ2) is 11.3. The summed E-state index contributed by atoms with van der Waals surface area (Å²) in [6.07, 6.45) is 5.67. The molecule has 1 N–H and O–H groups in total. The van der Waals surface area contributed by atoms with Crippen LogP contribution in [0.3, 0.4) is 0 Å². The Labute approximate surface area is 190 Å². The third-order valence-electron chi connectivity index (χ3n) is 6.72. The van der Waals surface area contributed by atoms with Crippen LogP contribution in [0, 0.1) is 11.7 Å². The fraction of sp³-hybridized carbons (Fsp3) is 0.500. The summed E-state index contributed by atoms with van der Waals surface area (Å²) in [5.41, 5.74) is 0.985. The SMILES string of the molecule is O=C(COc1ccccc1)NC1CCC(CCN2CCN(c3cccc(F)c3)CC2)CC1. The first-order valence-corrected chi connectivity index (χ1v) is 11.9. The van der Waals surface area contributed by atoms with Crippen molar-refractivity contribution < 1.29 is 13.9 Å². The fourth-order valence-corrected chi connectivity index (χ4v) is 4.80. The molecule has 0 aromatic heterocycles. The Morgan fingerprint density at radius 2 is 1.72 bits per heavy atom. The lowest BCUT2D eigenvalue weighted by Gasteiger charge is -2.37. The van der Waals surface area contributed by atoms with Gasteiger partial charge in [0.1, 0.15) is 11.6 Å². The van der Waals surface area contributed by atoms with E-state index in [0.717, 1.165) is 62.9 Å². The Morgan fingerprint density at radius 1 is 0.969 bits per heavy atom. The first-order valence-electron chi connectivity index (χ1n) is 11.9. The summed E-state index contributed by atoms with van der Waals surface area (Å²) in [4.78, 5) is 17.0. The maximum absolute atomic E-state index is 13.5. The highest BCUT2D eigenvalue weighted by Gasteiger charge is 2.24. The molecule has 0 radical (unpaired) electrons. The molecule has 1 amide bonds. The Balaban J connectivity index is 1.09. The summed E-state index contributed by atoms with van der Waals surface area (Å²) in [7, 11) is 0. The van der Waals surface area contributed by atoms with Gasteiger partial charge in [-0.05, 0) is 74.9 Å². The molecule has 172 valence electrons. The average Bonchev–Trinajstić information content (AvgIpc) is 2.83. The molecule has 32 heavy (non-hydrogen) atoms. The molecule has 1 aliphatic carbocycles. The largest absolute Gasteiger partial charge is 0.484 e. The topological polar surface area (TPSA) is 44.8 Å². The summed E-state index contributed by atoms with van der Waals surface area (Å²) in [6.45, 7) is 5.17. The Morgan fingerprint density at radius 3 is 2.44 bits per heavy atom. The number of carbonyl (C=O) groups excluding carboxylic acids is 1. The molecule has 0 bridgehead atoms. The summed E-state index contributed by atoms with van der Waals surface area (Å²) in [5, 5.41) is 3.13. The molecule has 1 heterocycles. The third-order valence-corrected chi connectivity index (χ3v) is 6.72. The van der Waals surface area contributed by atoms with Crippen LogP contribution in [0.4, 0.5) is 10.1 Å². The highest BCUT2D eigenvalue weighted by molar-refractivity contribution is 5.77. The molecule has 6 heteroatoms. The van der Waals surface area contributed by atoms with Crippen LogP contribution >= 0.6 is 0 Å². The Kier molecular flexibility index (Phi) is 7.99. The molecule has 2 fully saturated rings. The molecule has 2 aromatic carbocycles. The van der Waals surface area contributed by atoms with Gasteiger partial charge >= 0.3 is 0 Å². The number of rotatable bonds is 8. The maximum Gasteiger partial charge on any atom is 0.258 e. The van der Waals surface area contributed by atoms with Crippen LogP contribution in [-0.4, -0.2) is 56.2 Å². The number of anilines is 1. The van der Waals surface area contributed by atoms with Gasteiger partial charge in [-0.2, -0.15) is 0 Å². The van der Waals surface area contributed by atoms with E-state index in [4.69, 9.17) is 4.74 Å². The number of halogens is 1. The maximum atomic E-state index is 13.5. The molecule has 5 nitrogen and oxygen atoms in total. The van der Waals surface area contributed by atoms with Crippen molar-refractivity contribution in [2.24, 2.45) is 5.92 Å². The fourth-order valence-electron chi connectivity index (χ4n) is 4.80. The van der Waals surface area contributed by atoms with E-state index < -0.39 is 0 Å². The zero-order chi connectivity index (χ0) is 22.2. The molecule has 0 spiro atoms. The van der Waals surface area contributed by atoms with Crippen LogP contribution in [0.15, 0.2) is 54.6 Å². The van der Waals surface area contributed by atoms with E-state index in [0.29, 0.717) is 0 Å².